The van der Waals surface area contributed by atoms with E-state index in [1.54, 1.807) is 0 Å². The van der Waals surface area contributed by atoms with Gasteiger partial charge < -0.3 is 9.84 Å². The molecule has 0 saturated heterocycles. The number of carboxylic acid groups (broad SMARTS) is 1. The highest BCUT2D eigenvalue weighted by Gasteiger charge is 2.29. The van der Waals surface area contributed by atoms with Crippen molar-refractivity contribution in [3.63, 3.8) is 0 Å². The van der Waals surface area contributed by atoms with Crippen molar-refractivity contribution >= 4 is 5.97 Å². The molecule has 0 saturated carbocycles. The van der Waals surface area contributed by atoms with E-state index in [0.29, 0.717) is 24.4 Å². The summed E-state index contributed by atoms with van der Waals surface area (Å²) in [6, 6.07) is 12.8. The van der Waals surface area contributed by atoms with Gasteiger partial charge in [0.2, 0.25) is 0 Å². The van der Waals surface area contributed by atoms with Crippen molar-refractivity contribution in [1.82, 2.24) is 9.88 Å². The van der Waals surface area contributed by atoms with Crippen molar-refractivity contribution in [2.24, 2.45) is 0 Å². The quantitative estimate of drug-likeness (QED) is 0.495. The zero-order valence-electron chi connectivity index (χ0n) is 18.7. The summed E-state index contributed by atoms with van der Waals surface area (Å²) in [5, 5.41) is 8.89. The van der Waals surface area contributed by atoms with Crippen LogP contribution >= 0.6 is 0 Å². The van der Waals surface area contributed by atoms with Gasteiger partial charge in [0, 0.05) is 31.4 Å². The van der Waals surface area contributed by atoms with Gasteiger partial charge in [0.15, 0.2) is 0 Å². The number of fused-ring (bicyclic) bond motifs is 1. The lowest BCUT2D eigenvalue weighted by atomic mass is 9.98. The minimum absolute atomic E-state index is 0.132. The predicted octanol–water partition coefficient (Wildman–Crippen LogP) is 5.49. The summed E-state index contributed by atoms with van der Waals surface area (Å²) in [4.78, 5) is 17.6. The Balaban J connectivity index is 1.41. The molecule has 178 valence electrons. The Labute approximate surface area is 195 Å². The second-order valence-corrected chi connectivity index (χ2v) is 8.47. The smallest absolute Gasteiger partial charge is 0.416 e. The van der Waals surface area contributed by atoms with E-state index < -0.39 is 17.7 Å². The molecule has 0 amide bonds. The van der Waals surface area contributed by atoms with Crippen LogP contribution in [0.1, 0.15) is 34.2 Å². The molecule has 1 aromatic heterocycles. The number of rotatable bonds is 7. The number of aryl methyl sites for hydroxylation is 1. The SMILES string of the molecule is Cc1cc(-c2cc3c(cn2)CN(CCC(=O)O)CC3)ccc1OCc1ccc(C(F)(F)F)cc1. The number of aliphatic carboxylic acids is 1. The molecule has 0 unspecified atom stereocenters. The van der Waals surface area contributed by atoms with Crippen LogP contribution in [0.5, 0.6) is 5.75 Å². The molecule has 0 spiro atoms. The lowest BCUT2D eigenvalue weighted by Gasteiger charge is -2.28. The topological polar surface area (TPSA) is 62.7 Å². The van der Waals surface area contributed by atoms with Gasteiger partial charge in [-0.25, -0.2) is 0 Å². The first-order valence-corrected chi connectivity index (χ1v) is 11.0. The second kappa shape index (κ2) is 9.85. The summed E-state index contributed by atoms with van der Waals surface area (Å²) in [5.41, 5.74) is 5.03. The Hall–Kier alpha value is -3.39. The largest absolute Gasteiger partial charge is 0.489 e. The number of ether oxygens (including phenoxy) is 1. The lowest BCUT2D eigenvalue weighted by Crippen LogP contribution is -2.32. The fourth-order valence-electron chi connectivity index (χ4n) is 4.02. The van der Waals surface area contributed by atoms with Gasteiger partial charge in [0.25, 0.3) is 0 Å². The van der Waals surface area contributed by atoms with Crippen molar-refractivity contribution in [1.29, 1.82) is 0 Å². The van der Waals surface area contributed by atoms with Crippen LogP contribution < -0.4 is 4.74 Å². The van der Waals surface area contributed by atoms with Gasteiger partial charge in [-0.2, -0.15) is 13.2 Å². The normalized spacial score (nSPS) is 14.0. The van der Waals surface area contributed by atoms with Crippen LogP contribution in [0.25, 0.3) is 11.3 Å². The molecule has 3 aromatic rings. The average Bonchev–Trinajstić information content (AvgIpc) is 2.81. The van der Waals surface area contributed by atoms with E-state index in [9.17, 15) is 18.0 Å². The highest BCUT2D eigenvalue weighted by molar-refractivity contribution is 5.67. The molecular formula is C26H25F3N2O3. The lowest BCUT2D eigenvalue weighted by molar-refractivity contribution is -0.138. The highest BCUT2D eigenvalue weighted by Crippen LogP contribution is 2.30. The van der Waals surface area contributed by atoms with E-state index in [4.69, 9.17) is 9.84 Å². The highest BCUT2D eigenvalue weighted by atomic mass is 19.4. The monoisotopic (exact) mass is 470 g/mol. The van der Waals surface area contributed by atoms with E-state index in [-0.39, 0.29) is 13.0 Å². The van der Waals surface area contributed by atoms with E-state index >= 15 is 0 Å². The summed E-state index contributed by atoms with van der Waals surface area (Å²) in [6.45, 7) is 4.15. The third-order valence-corrected chi connectivity index (χ3v) is 5.96. The van der Waals surface area contributed by atoms with Crippen molar-refractivity contribution < 1.29 is 27.8 Å². The summed E-state index contributed by atoms with van der Waals surface area (Å²) in [5.74, 6) is -0.128. The van der Waals surface area contributed by atoms with Crippen LogP contribution in [-0.4, -0.2) is 34.0 Å². The molecule has 1 N–H and O–H groups in total. The number of pyridine rings is 1. The van der Waals surface area contributed by atoms with Crippen LogP contribution in [0.3, 0.4) is 0 Å². The standard InChI is InChI=1S/C26H25F3N2O3/c1-17-12-20(4-7-24(17)34-16-18-2-5-22(6-3-18)26(27,28)29)23-13-19-8-10-31(11-9-25(32)33)15-21(19)14-30-23/h2-7,12-14H,8-11,15-16H2,1H3,(H,32,33). The van der Waals surface area contributed by atoms with Crippen LogP contribution in [0.2, 0.25) is 0 Å². The minimum atomic E-state index is -4.35. The number of benzene rings is 2. The Morgan fingerprint density at radius 1 is 1.12 bits per heavy atom. The van der Waals surface area contributed by atoms with Crippen molar-refractivity contribution in [3.05, 3.63) is 82.5 Å². The summed E-state index contributed by atoms with van der Waals surface area (Å²) < 4.78 is 44.0. The molecule has 4 rings (SSSR count). The van der Waals surface area contributed by atoms with Crippen molar-refractivity contribution in [2.45, 2.75) is 39.1 Å². The van der Waals surface area contributed by atoms with Gasteiger partial charge in [-0.05, 0) is 72.0 Å². The zero-order chi connectivity index (χ0) is 24.3. The predicted molar refractivity (Wildman–Crippen MR) is 121 cm³/mol. The molecule has 1 aliphatic rings. The van der Waals surface area contributed by atoms with Crippen molar-refractivity contribution in [2.75, 3.05) is 13.1 Å². The van der Waals surface area contributed by atoms with E-state index in [1.165, 1.54) is 17.7 Å². The molecule has 8 heteroatoms. The van der Waals surface area contributed by atoms with Gasteiger partial charge in [0.1, 0.15) is 12.4 Å². The number of hydrogen-bond acceptors (Lipinski definition) is 4. The Bertz CT molecular complexity index is 1180. The van der Waals surface area contributed by atoms with E-state index in [2.05, 4.69) is 16.0 Å². The number of halogens is 3. The molecule has 0 fully saturated rings. The summed E-state index contributed by atoms with van der Waals surface area (Å²) in [7, 11) is 0. The first kappa shape index (κ1) is 23.8. The maximum absolute atomic E-state index is 12.7. The number of hydrogen-bond donors (Lipinski definition) is 1. The molecule has 2 heterocycles. The number of aromatic nitrogens is 1. The number of carbonyl (C=O) groups is 1. The van der Waals surface area contributed by atoms with Gasteiger partial charge >= 0.3 is 12.1 Å². The van der Waals surface area contributed by atoms with Gasteiger partial charge in [-0.1, -0.05) is 12.1 Å². The minimum Gasteiger partial charge on any atom is -0.489 e. The fourth-order valence-corrected chi connectivity index (χ4v) is 4.02. The molecule has 0 bridgehead atoms. The second-order valence-electron chi connectivity index (χ2n) is 8.47. The zero-order valence-corrected chi connectivity index (χ0v) is 18.7. The van der Waals surface area contributed by atoms with Gasteiger partial charge in [-0.15, -0.1) is 0 Å². The molecule has 5 nitrogen and oxygen atoms in total. The van der Waals surface area contributed by atoms with Crippen LogP contribution in [0.15, 0.2) is 54.7 Å². The average molecular weight is 470 g/mol. The molecule has 0 atom stereocenters. The number of alkyl halides is 3. The third kappa shape index (κ3) is 5.75. The Morgan fingerprint density at radius 3 is 2.56 bits per heavy atom. The van der Waals surface area contributed by atoms with Crippen LogP contribution in [-0.2, 0) is 30.5 Å². The first-order chi connectivity index (χ1) is 16.2. The summed E-state index contributed by atoms with van der Waals surface area (Å²) in [6.07, 6.45) is -1.51. The maximum Gasteiger partial charge on any atom is 0.416 e. The first-order valence-electron chi connectivity index (χ1n) is 11.0. The molecular weight excluding hydrogens is 445 g/mol. The molecule has 1 aliphatic heterocycles. The van der Waals surface area contributed by atoms with Crippen molar-refractivity contribution in [3.8, 4) is 17.0 Å². The third-order valence-electron chi connectivity index (χ3n) is 5.96. The van der Waals surface area contributed by atoms with Crippen LogP contribution in [0, 0.1) is 6.92 Å². The maximum atomic E-state index is 12.7. The number of nitrogens with zero attached hydrogens (tertiary/aromatic N) is 2. The van der Waals surface area contributed by atoms with Gasteiger partial charge in [0.05, 0.1) is 17.7 Å². The number of carboxylic acids is 1. The molecule has 34 heavy (non-hydrogen) atoms. The fraction of sp³-hybridized carbons (Fsp3) is 0.308. The summed E-state index contributed by atoms with van der Waals surface area (Å²) >= 11 is 0. The Morgan fingerprint density at radius 2 is 1.88 bits per heavy atom. The van der Waals surface area contributed by atoms with Crippen LogP contribution in [0.4, 0.5) is 13.2 Å². The van der Waals surface area contributed by atoms with E-state index in [1.807, 2.05) is 31.3 Å². The molecule has 0 aliphatic carbocycles. The Kier molecular flexibility index (Phi) is 6.88. The van der Waals surface area contributed by atoms with E-state index in [0.717, 1.165) is 47.5 Å². The molecule has 2 aromatic carbocycles. The molecule has 0 radical (unpaired) electrons. The van der Waals surface area contributed by atoms with Gasteiger partial charge in [-0.3, -0.25) is 14.7 Å².